The van der Waals surface area contributed by atoms with Gasteiger partial charge in [0, 0.05) is 15.7 Å². The Kier molecular flexibility index (Phi) is 5.52. The van der Waals surface area contributed by atoms with Gasteiger partial charge >= 0.3 is 17.9 Å². The van der Waals surface area contributed by atoms with E-state index in [1.807, 2.05) is 0 Å². The number of anilines is 1. The number of esters is 3. The molecule has 9 heteroatoms. The molecule has 1 spiro atoms. The summed E-state index contributed by atoms with van der Waals surface area (Å²) in [4.78, 5) is 39.1. The number of carbonyl (C=O) groups excluding carboxylic acids is 3. The van der Waals surface area contributed by atoms with E-state index in [-0.39, 0.29) is 35.9 Å². The van der Waals surface area contributed by atoms with Gasteiger partial charge in [-0.1, -0.05) is 28.6 Å². The first kappa shape index (κ1) is 20.7. The third kappa shape index (κ3) is 3.11. The summed E-state index contributed by atoms with van der Waals surface area (Å²) < 4.78 is 16.3. The fourth-order valence-electron chi connectivity index (χ4n) is 3.55. The molecule has 0 unspecified atom stereocenters. The third-order valence-electron chi connectivity index (χ3n) is 4.59. The van der Waals surface area contributed by atoms with Crippen LogP contribution in [0.25, 0.3) is 0 Å². The van der Waals surface area contributed by atoms with Gasteiger partial charge in [0.1, 0.15) is 29.3 Å². The molecule has 2 aliphatic rings. The van der Waals surface area contributed by atoms with Crippen molar-refractivity contribution in [2.75, 3.05) is 18.5 Å². The smallest absolute Gasteiger partial charge is 0.339 e. The lowest BCUT2D eigenvalue weighted by Crippen LogP contribution is -2.47. The van der Waals surface area contributed by atoms with Crippen LogP contribution in [-0.2, 0) is 34.0 Å². The first-order chi connectivity index (χ1) is 13.8. The Labute approximate surface area is 175 Å². The summed E-state index contributed by atoms with van der Waals surface area (Å²) in [6.45, 7) is 6.55. The summed E-state index contributed by atoms with van der Waals surface area (Å²) in [6, 6.07) is 5.02. The van der Waals surface area contributed by atoms with Crippen LogP contribution in [-0.4, -0.2) is 31.1 Å². The van der Waals surface area contributed by atoms with Crippen molar-refractivity contribution >= 4 is 39.5 Å². The van der Waals surface area contributed by atoms with E-state index in [2.05, 4.69) is 27.8 Å². The summed E-state index contributed by atoms with van der Waals surface area (Å²) in [5.74, 6) is -2.60. The van der Waals surface area contributed by atoms with Crippen molar-refractivity contribution in [2.45, 2.75) is 19.3 Å². The van der Waals surface area contributed by atoms with E-state index in [9.17, 15) is 14.4 Å². The zero-order chi connectivity index (χ0) is 21.3. The highest BCUT2D eigenvalue weighted by Crippen LogP contribution is 2.53. The van der Waals surface area contributed by atoms with Crippen LogP contribution in [0.1, 0.15) is 19.4 Å². The molecule has 2 heterocycles. The van der Waals surface area contributed by atoms with E-state index < -0.39 is 23.3 Å². The molecule has 0 aromatic heterocycles. The second-order valence-corrected chi connectivity index (χ2v) is 7.20. The summed E-state index contributed by atoms with van der Waals surface area (Å²) in [7, 11) is 0. The normalized spacial score (nSPS) is 20.2. The highest BCUT2D eigenvalue weighted by molar-refractivity contribution is 9.10. The van der Waals surface area contributed by atoms with Crippen molar-refractivity contribution < 1.29 is 28.6 Å². The molecule has 3 rings (SSSR count). The third-order valence-corrected chi connectivity index (χ3v) is 5.09. The largest absolute Gasteiger partial charge is 0.462 e. The number of ether oxygens (including phenoxy) is 3. The molecule has 2 aliphatic heterocycles. The zero-order valence-electron chi connectivity index (χ0n) is 15.8. The lowest BCUT2D eigenvalue weighted by Gasteiger charge is -2.36. The molecule has 0 radical (unpaired) electrons. The number of fused-ring (bicyclic) bond motifs is 2. The number of halogens is 1. The molecular weight excluding hydrogens is 444 g/mol. The molecule has 0 saturated carbocycles. The minimum absolute atomic E-state index is 0.0199. The van der Waals surface area contributed by atoms with Crippen LogP contribution >= 0.6 is 15.9 Å². The molecule has 8 nitrogen and oxygen atoms in total. The molecule has 0 aliphatic carbocycles. The van der Waals surface area contributed by atoms with Gasteiger partial charge in [0.25, 0.3) is 0 Å². The number of carbonyl (C=O) groups is 3. The predicted octanol–water partition coefficient (Wildman–Crippen LogP) is 2.41. The Balaban J connectivity index is 2.37. The van der Waals surface area contributed by atoms with Crippen molar-refractivity contribution in [3.05, 3.63) is 63.6 Å². The number of allylic oxidation sites excluding steroid dienone is 1. The number of cyclic esters (lactones) is 1. The minimum Gasteiger partial charge on any atom is -0.462 e. The maximum Gasteiger partial charge on any atom is 0.339 e. The molecule has 0 saturated heterocycles. The topological polar surface area (TPSA) is 117 Å². The fraction of sp³-hybridized carbons (Fsp3) is 0.250. The molecule has 3 N–H and O–H groups in total. The molecule has 0 fully saturated rings. The first-order valence-electron chi connectivity index (χ1n) is 8.75. The van der Waals surface area contributed by atoms with E-state index in [1.165, 1.54) is 13.0 Å². The molecule has 152 valence electrons. The maximum atomic E-state index is 13.3. The Morgan fingerprint density at radius 3 is 2.66 bits per heavy atom. The van der Waals surface area contributed by atoms with Gasteiger partial charge in [-0.2, -0.15) is 0 Å². The maximum absolute atomic E-state index is 13.3. The number of hydrogen-bond donors (Lipinski definition) is 2. The van der Waals surface area contributed by atoms with Gasteiger partial charge in [-0.15, -0.1) is 0 Å². The average Bonchev–Trinajstić information content (AvgIpc) is 2.91. The van der Waals surface area contributed by atoms with E-state index in [1.54, 1.807) is 25.1 Å². The Morgan fingerprint density at radius 1 is 1.31 bits per heavy atom. The van der Waals surface area contributed by atoms with Crippen LogP contribution in [0.15, 0.2) is 58.1 Å². The molecule has 1 atom stereocenters. The fourth-order valence-corrected chi connectivity index (χ4v) is 3.92. The van der Waals surface area contributed by atoms with Crippen molar-refractivity contribution in [1.82, 2.24) is 0 Å². The van der Waals surface area contributed by atoms with E-state index in [4.69, 9.17) is 19.9 Å². The van der Waals surface area contributed by atoms with Crippen LogP contribution in [0.2, 0.25) is 0 Å². The minimum atomic E-state index is -1.93. The van der Waals surface area contributed by atoms with Crippen LogP contribution in [0.5, 0.6) is 0 Å². The second kappa shape index (κ2) is 7.75. The monoisotopic (exact) mass is 462 g/mol. The Morgan fingerprint density at radius 2 is 2.00 bits per heavy atom. The van der Waals surface area contributed by atoms with E-state index >= 15 is 0 Å². The van der Waals surface area contributed by atoms with Gasteiger partial charge in [-0.05, 0) is 32.0 Å². The van der Waals surface area contributed by atoms with Gasteiger partial charge < -0.3 is 25.3 Å². The van der Waals surface area contributed by atoms with Crippen molar-refractivity contribution in [1.29, 1.82) is 0 Å². The molecule has 29 heavy (non-hydrogen) atoms. The SMILES string of the molecule is C=CCOC(=O)C1=C(C)OC(=O)[C@]12C(C(=O)OCC)=C(N)Nc1ccc(Br)cc12. The summed E-state index contributed by atoms with van der Waals surface area (Å²) in [5.41, 5.74) is 4.62. The molecular formula is C20H19BrN2O6. The number of benzene rings is 1. The van der Waals surface area contributed by atoms with Crippen molar-refractivity contribution in [3.8, 4) is 0 Å². The summed E-state index contributed by atoms with van der Waals surface area (Å²) in [6.07, 6.45) is 1.39. The Hall–Kier alpha value is -3.07. The van der Waals surface area contributed by atoms with Crippen molar-refractivity contribution in [2.24, 2.45) is 5.73 Å². The first-order valence-corrected chi connectivity index (χ1v) is 9.54. The lowest BCUT2D eigenvalue weighted by atomic mass is 9.67. The van der Waals surface area contributed by atoms with Gasteiger partial charge in [0.05, 0.1) is 6.61 Å². The summed E-state index contributed by atoms with van der Waals surface area (Å²) in [5, 5.41) is 2.90. The van der Waals surface area contributed by atoms with Gasteiger partial charge in [-0.3, -0.25) is 0 Å². The van der Waals surface area contributed by atoms with Crippen molar-refractivity contribution in [3.63, 3.8) is 0 Å². The highest BCUT2D eigenvalue weighted by Gasteiger charge is 2.62. The average molecular weight is 463 g/mol. The van der Waals surface area contributed by atoms with Gasteiger partial charge in [0.2, 0.25) is 0 Å². The zero-order valence-corrected chi connectivity index (χ0v) is 17.4. The van der Waals surface area contributed by atoms with Gasteiger partial charge in [0.15, 0.2) is 5.41 Å². The molecule has 0 bridgehead atoms. The lowest BCUT2D eigenvalue weighted by molar-refractivity contribution is -0.147. The van der Waals surface area contributed by atoms with E-state index in [0.29, 0.717) is 15.7 Å². The standard InChI is InChI=1S/C20H19BrN2O6/c1-4-8-28-17(24)14-10(3)29-19(26)20(14)12-9-11(21)6-7-13(12)23-16(22)15(20)18(25)27-5-2/h4,6-7,9,23H,1,5,8,22H2,2-3H3/t20-/m0/s1. The molecule has 0 amide bonds. The van der Waals surface area contributed by atoms with E-state index in [0.717, 1.165) is 0 Å². The number of nitrogens with one attached hydrogen (secondary N) is 1. The number of rotatable bonds is 5. The number of nitrogens with two attached hydrogens (primary N) is 1. The van der Waals surface area contributed by atoms with Crippen LogP contribution in [0.3, 0.4) is 0 Å². The quantitative estimate of drug-likeness (QED) is 0.389. The van der Waals surface area contributed by atoms with Crippen LogP contribution < -0.4 is 11.1 Å². The molecule has 1 aromatic carbocycles. The molecule has 1 aromatic rings. The highest BCUT2D eigenvalue weighted by atomic mass is 79.9. The number of hydrogen-bond acceptors (Lipinski definition) is 8. The van der Waals surface area contributed by atoms with Crippen LogP contribution in [0.4, 0.5) is 5.69 Å². The second-order valence-electron chi connectivity index (χ2n) is 6.28. The Bertz CT molecular complexity index is 997. The summed E-state index contributed by atoms with van der Waals surface area (Å²) >= 11 is 3.37. The predicted molar refractivity (Wildman–Crippen MR) is 107 cm³/mol. The van der Waals surface area contributed by atoms with Crippen LogP contribution in [0, 0.1) is 0 Å². The van der Waals surface area contributed by atoms with Gasteiger partial charge in [-0.25, -0.2) is 14.4 Å².